The topological polar surface area (TPSA) is 7.12 Å². The average Bonchev–Trinajstić information content (AvgIpc) is 3.44. The van der Waals surface area contributed by atoms with Gasteiger partial charge in [-0.2, -0.15) is 4.57 Å². The van der Waals surface area contributed by atoms with Crippen LogP contribution in [0.15, 0.2) is 92.7 Å². The molecular formula is C30H33IN2S3. The fourth-order valence-corrected chi connectivity index (χ4v) is 8.16. The average molecular weight is 645 g/mol. The molecule has 0 spiro atoms. The summed E-state index contributed by atoms with van der Waals surface area (Å²) in [5.41, 5.74) is 5.65. The zero-order valence-electron chi connectivity index (χ0n) is 21.2. The Hall–Kier alpha value is -1.48. The number of hydrogen-bond donors (Lipinski definition) is 0. The molecule has 36 heavy (non-hydrogen) atoms. The molecule has 0 unspecified atom stereocenters. The molecule has 0 atom stereocenters. The first kappa shape index (κ1) is 27.6. The zero-order chi connectivity index (χ0) is 24.2. The Bertz CT molecular complexity index is 1350. The van der Waals surface area contributed by atoms with Gasteiger partial charge < -0.3 is 28.9 Å². The summed E-state index contributed by atoms with van der Waals surface area (Å²) in [7, 11) is 0. The highest BCUT2D eigenvalue weighted by molar-refractivity contribution is 8.03. The van der Waals surface area contributed by atoms with Crippen molar-refractivity contribution in [2.75, 3.05) is 17.2 Å². The first-order valence-corrected chi connectivity index (χ1v) is 15.3. The van der Waals surface area contributed by atoms with Crippen molar-refractivity contribution in [3.8, 4) is 0 Å². The molecule has 2 heterocycles. The number of rotatable bonds is 7. The molecule has 0 radical (unpaired) electrons. The Labute approximate surface area is 245 Å². The lowest BCUT2D eigenvalue weighted by atomic mass is 9.94. The van der Waals surface area contributed by atoms with E-state index in [2.05, 4.69) is 103 Å². The van der Waals surface area contributed by atoms with E-state index in [0.717, 1.165) is 31.7 Å². The molecule has 188 valence electrons. The minimum atomic E-state index is 0. The van der Waals surface area contributed by atoms with Crippen molar-refractivity contribution in [3.05, 3.63) is 92.8 Å². The Kier molecular flexibility index (Phi) is 9.84. The molecule has 1 aromatic heterocycles. The summed E-state index contributed by atoms with van der Waals surface area (Å²) in [5, 5.41) is 2.66. The van der Waals surface area contributed by atoms with E-state index in [1.807, 2.05) is 34.9 Å². The number of anilines is 1. The van der Waals surface area contributed by atoms with E-state index in [9.17, 15) is 0 Å². The fraction of sp³-hybridized carbons (Fsp3) is 0.300. The Morgan fingerprint density at radius 2 is 1.78 bits per heavy atom. The lowest BCUT2D eigenvalue weighted by molar-refractivity contribution is -0.665. The normalized spacial score (nSPS) is 18.0. The van der Waals surface area contributed by atoms with Crippen LogP contribution >= 0.6 is 34.9 Å². The first-order chi connectivity index (χ1) is 17.2. The van der Waals surface area contributed by atoms with E-state index in [1.165, 1.54) is 53.3 Å². The zero-order valence-corrected chi connectivity index (χ0v) is 25.8. The molecule has 3 aromatic rings. The molecule has 2 aromatic carbocycles. The third kappa shape index (κ3) is 5.66. The van der Waals surface area contributed by atoms with Gasteiger partial charge in [-0.3, -0.25) is 0 Å². The van der Waals surface area contributed by atoms with Gasteiger partial charge in [0.1, 0.15) is 11.2 Å². The number of allylic oxidation sites excluding steroid dienone is 5. The second-order valence-electron chi connectivity index (χ2n) is 8.64. The van der Waals surface area contributed by atoms with Crippen molar-refractivity contribution >= 4 is 56.8 Å². The van der Waals surface area contributed by atoms with E-state index in [4.69, 9.17) is 0 Å². The standard InChI is InChI=1S/C30H33N2S3.HI/c1-4-31-24-14-7-9-16-26(24)34-28(31)20-18-22-12-11-13-23(30(22)33-6-3)19-21-29-32(5-2)25-15-8-10-17-27(25)35-29;/h7-10,14-21H,4-6,11-13H2,1-3H3;1H/q+1;/p-1. The maximum absolute atomic E-state index is 2.43. The number of aryl methyl sites for hydroxylation is 1. The maximum atomic E-state index is 2.43. The van der Waals surface area contributed by atoms with Gasteiger partial charge in [-0.25, -0.2) is 0 Å². The van der Waals surface area contributed by atoms with Crippen LogP contribution in [0.5, 0.6) is 0 Å². The van der Waals surface area contributed by atoms with E-state index in [0.29, 0.717) is 0 Å². The van der Waals surface area contributed by atoms with Crippen LogP contribution in [0.2, 0.25) is 0 Å². The van der Waals surface area contributed by atoms with Crippen LogP contribution in [0.3, 0.4) is 0 Å². The molecule has 0 N–H and O–H groups in total. The summed E-state index contributed by atoms with van der Waals surface area (Å²) in [5.74, 6) is 1.10. The van der Waals surface area contributed by atoms with Crippen LogP contribution in [0.4, 0.5) is 5.69 Å². The van der Waals surface area contributed by atoms with Crippen molar-refractivity contribution in [1.29, 1.82) is 0 Å². The highest BCUT2D eigenvalue weighted by Crippen LogP contribution is 2.46. The van der Waals surface area contributed by atoms with Crippen LogP contribution in [0.1, 0.15) is 45.0 Å². The third-order valence-corrected chi connectivity index (χ3v) is 9.89. The van der Waals surface area contributed by atoms with Crippen LogP contribution in [0, 0.1) is 0 Å². The lowest BCUT2D eigenvalue weighted by Crippen LogP contribution is -3.00. The summed E-state index contributed by atoms with van der Waals surface area (Å²) in [6.45, 7) is 8.73. The molecule has 2 nitrogen and oxygen atoms in total. The summed E-state index contributed by atoms with van der Waals surface area (Å²) in [6.07, 6.45) is 13.0. The summed E-state index contributed by atoms with van der Waals surface area (Å²) in [4.78, 5) is 5.28. The summed E-state index contributed by atoms with van der Waals surface area (Å²) < 4.78 is 3.79. The first-order valence-electron chi connectivity index (χ1n) is 12.6. The predicted octanol–water partition coefficient (Wildman–Crippen LogP) is 5.82. The van der Waals surface area contributed by atoms with Gasteiger partial charge in [0.25, 0.3) is 5.01 Å². The van der Waals surface area contributed by atoms with E-state index < -0.39 is 0 Å². The quantitative estimate of drug-likeness (QED) is 0.237. The van der Waals surface area contributed by atoms with Gasteiger partial charge >= 0.3 is 0 Å². The Morgan fingerprint density at radius 1 is 0.972 bits per heavy atom. The smallest absolute Gasteiger partial charge is 0.262 e. The van der Waals surface area contributed by atoms with Crippen molar-refractivity contribution in [2.24, 2.45) is 0 Å². The van der Waals surface area contributed by atoms with Crippen LogP contribution in [-0.4, -0.2) is 12.3 Å². The molecule has 6 heteroatoms. The number of fused-ring (bicyclic) bond motifs is 2. The van der Waals surface area contributed by atoms with E-state index in [1.54, 1.807) is 0 Å². The molecule has 0 bridgehead atoms. The predicted molar refractivity (Wildman–Crippen MR) is 157 cm³/mol. The number of nitrogens with zero attached hydrogens (tertiary/aromatic N) is 2. The van der Waals surface area contributed by atoms with Gasteiger partial charge in [-0.15, -0.1) is 11.8 Å². The van der Waals surface area contributed by atoms with Crippen molar-refractivity contribution in [2.45, 2.75) is 51.5 Å². The second-order valence-corrected chi connectivity index (χ2v) is 12.0. The number of thioether (sulfide) groups is 2. The number of thiazole rings is 1. The molecule has 0 saturated heterocycles. The molecule has 1 aliphatic heterocycles. The van der Waals surface area contributed by atoms with Gasteiger partial charge in [-0.1, -0.05) is 66.4 Å². The van der Waals surface area contributed by atoms with Crippen LogP contribution in [-0.2, 0) is 6.54 Å². The molecule has 2 aliphatic rings. The third-order valence-electron chi connectivity index (χ3n) is 6.52. The fourth-order valence-electron chi connectivity index (χ4n) is 4.90. The van der Waals surface area contributed by atoms with Crippen molar-refractivity contribution in [1.82, 2.24) is 0 Å². The molecule has 0 saturated carbocycles. The monoisotopic (exact) mass is 644 g/mol. The number of halogens is 1. The number of benzene rings is 2. The SMILES string of the molecule is CCSC1=C(C=Cc2sc3ccccc3[n+]2CC)CCCC1=CC=C1Sc2ccccc2N1CC.[I-]. The highest BCUT2D eigenvalue weighted by atomic mass is 127. The van der Waals surface area contributed by atoms with E-state index >= 15 is 0 Å². The minimum Gasteiger partial charge on any atom is -1.00 e. The second kappa shape index (κ2) is 12.9. The van der Waals surface area contributed by atoms with Gasteiger partial charge in [0.15, 0.2) is 0 Å². The van der Waals surface area contributed by atoms with Gasteiger partial charge in [0.05, 0.1) is 10.7 Å². The molecule has 1 aliphatic carbocycles. The Morgan fingerprint density at radius 3 is 2.58 bits per heavy atom. The summed E-state index contributed by atoms with van der Waals surface area (Å²) >= 11 is 5.78. The maximum Gasteiger partial charge on any atom is 0.262 e. The number of para-hydroxylation sites is 2. The van der Waals surface area contributed by atoms with Gasteiger partial charge in [0.2, 0.25) is 5.52 Å². The lowest BCUT2D eigenvalue weighted by Gasteiger charge is -2.21. The largest absolute Gasteiger partial charge is 1.00 e. The van der Waals surface area contributed by atoms with Crippen LogP contribution in [0.25, 0.3) is 16.3 Å². The Balaban J connectivity index is 0.00000304. The molecule has 5 rings (SSSR count). The molecule has 0 amide bonds. The molecular weight excluding hydrogens is 611 g/mol. The highest BCUT2D eigenvalue weighted by Gasteiger charge is 2.23. The summed E-state index contributed by atoms with van der Waals surface area (Å²) in [6, 6.07) is 17.5. The van der Waals surface area contributed by atoms with Gasteiger partial charge in [0, 0.05) is 28.5 Å². The van der Waals surface area contributed by atoms with Crippen molar-refractivity contribution in [3.63, 3.8) is 0 Å². The molecule has 0 fully saturated rings. The van der Waals surface area contributed by atoms with Gasteiger partial charge in [-0.05, 0) is 74.3 Å². The van der Waals surface area contributed by atoms with Crippen LogP contribution < -0.4 is 33.4 Å². The minimum absolute atomic E-state index is 0. The van der Waals surface area contributed by atoms with E-state index in [-0.39, 0.29) is 24.0 Å². The number of hydrogen-bond acceptors (Lipinski definition) is 4. The number of aromatic nitrogens is 1. The van der Waals surface area contributed by atoms with Crippen molar-refractivity contribution < 1.29 is 28.5 Å².